The number of rotatable bonds is 9. The van der Waals surface area contributed by atoms with Gasteiger partial charge < -0.3 is 10.1 Å². The Balaban J connectivity index is 1.63. The van der Waals surface area contributed by atoms with Gasteiger partial charge in [-0.15, -0.1) is 10.2 Å². The Hall–Kier alpha value is -3.91. The molecular formula is C30H32N4O3S. The number of Topliss-reactive ketones (excluding diaryl/α,β-unsaturated/α-hetero) is 1. The smallest absolute Gasteiger partial charge is 0.234 e. The average molecular weight is 529 g/mol. The van der Waals surface area contributed by atoms with E-state index in [2.05, 4.69) is 60.6 Å². The zero-order valence-corrected chi connectivity index (χ0v) is 23.1. The van der Waals surface area contributed by atoms with Gasteiger partial charge in [0.2, 0.25) is 5.91 Å². The third kappa shape index (κ3) is 6.31. The average Bonchev–Trinajstić information content (AvgIpc) is 3.32. The minimum Gasteiger partial charge on any atom is -0.494 e. The number of hydrogen-bond donors (Lipinski definition) is 1. The van der Waals surface area contributed by atoms with Crippen molar-refractivity contribution in [2.45, 2.75) is 45.2 Å². The fraction of sp³-hybridized carbons (Fsp3) is 0.267. The number of nitrogens with one attached hydrogen (secondary N) is 1. The summed E-state index contributed by atoms with van der Waals surface area (Å²) >= 11 is 1.28. The van der Waals surface area contributed by atoms with Crippen LogP contribution in [0.3, 0.4) is 0 Å². The van der Waals surface area contributed by atoms with Crippen LogP contribution in [0.1, 0.15) is 50.5 Å². The van der Waals surface area contributed by atoms with E-state index in [0.717, 1.165) is 17.0 Å². The summed E-state index contributed by atoms with van der Waals surface area (Å²) in [5, 5.41) is 12.4. The highest BCUT2D eigenvalue weighted by Crippen LogP contribution is 2.31. The van der Waals surface area contributed by atoms with Crippen molar-refractivity contribution in [3.63, 3.8) is 0 Å². The summed E-state index contributed by atoms with van der Waals surface area (Å²) in [6, 6.07) is 23.0. The first-order valence-electron chi connectivity index (χ1n) is 12.5. The molecule has 0 aliphatic carbocycles. The number of hydrogen-bond acceptors (Lipinski definition) is 6. The molecule has 1 N–H and O–H groups in total. The Kier molecular flexibility index (Phi) is 8.32. The lowest BCUT2D eigenvalue weighted by molar-refractivity contribution is -0.113. The van der Waals surface area contributed by atoms with E-state index in [1.54, 1.807) is 24.3 Å². The van der Waals surface area contributed by atoms with Crippen molar-refractivity contribution in [3.8, 4) is 22.8 Å². The Morgan fingerprint density at radius 1 is 0.947 bits per heavy atom. The summed E-state index contributed by atoms with van der Waals surface area (Å²) in [6.45, 7) is 10.5. The van der Waals surface area contributed by atoms with Crippen LogP contribution < -0.4 is 10.1 Å². The van der Waals surface area contributed by atoms with Crippen molar-refractivity contribution < 1.29 is 14.3 Å². The Morgan fingerprint density at radius 3 is 2.26 bits per heavy atom. The van der Waals surface area contributed by atoms with Gasteiger partial charge in [0, 0.05) is 16.8 Å². The molecule has 0 fully saturated rings. The van der Waals surface area contributed by atoms with E-state index in [4.69, 9.17) is 4.74 Å². The summed E-state index contributed by atoms with van der Waals surface area (Å²) in [4.78, 5) is 24.7. The molecule has 0 aliphatic rings. The van der Waals surface area contributed by atoms with E-state index in [0.29, 0.717) is 28.8 Å². The summed E-state index contributed by atoms with van der Waals surface area (Å²) in [6.07, 6.45) is 0. The lowest BCUT2D eigenvalue weighted by Gasteiger charge is -2.19. The van der Waals surface area contributed by atoms with Crippen LogP contribution in [0.15, 0.2) is 78.0 Å². The third-order valence-electron chi connectivity index (χ3n) is 5.96. The Bertz CT molecular complexity index is 1420. The molecule has 4 aromatic rings. The Morgan fingerprint density at radius 2 is 1.63 bits per heavy atom. The van der Waals surface area contributed by atoms with Gasteiger partial charge in [-0.1, -0.05) is 68.9 Å². The van der Waals surface area contributed by atoms with Crippen LogP contribution in [0.25, 0.3) is 17.1 Å². The molecule has 0 spiro atoms. The van der Waals surface area contributed by atoms with Crippen LogP contribution in [0.2, 0.25) is 0 Å². The largest absolute Gasteiger partial charge is 0.494 e. The van der Waals surface area contributed by atoms with Crippen LogP contribution in [-0.4, -0.2) is 38.8 Å². The van der Waals surface area contributed by atoms with Gasteiger partial charge in [0.15, 0.2) is 16.8 Å². The number of carbonyl (C=O) groups excluding carboxylic acids is 2. The number of thioether (sulfide) groups is 1. The standard InChI is InChI=1S/C30H32N4O3S/c1-6-37-24-17-15-23(16-18-24)34-28(21-11-13-22(14-12-21)30(3,4)5)32-33-29(34)38-19-27(36)31-26-10-8-7-9-25(26)20(2)35/h7-18H,6,19H2,1-5H3,(H,31,36). The zero-order chi connectivity index (χ0) is 27.3. The number of anilines is 1. The van der Waals surface area contributed by atoms with Crippen molar-refractivity contribution in [2.24, 2.45) is 0 Å². The molecule has 8 heteroatoms. The number of ether oxygens (including phenoxy) is 1. The maximum absolute atomic E-state index is 12.8. The van der Waals surface area contributed by atoms with Crippen LogP contribution in [-0.2, 0) is 10.2 Å². The van der Waals surface area contributed by atoms with Crippen molar-refractivity contribution in [3.05, 3.63) is 83.9 Å². The molecule has 0 bridgehead atoms. The first-order chi connectivity index (χ1) is 18.2. The molecule has 0 saturated heterocycles. The number of aromatic nitrogens is 3. The van der Waals surface area contributed by atoms with E-state index in [9.17, 15) is 9.59 Å². The number of para-hydroxylation sites is 1. The fourth-order valence-corrected chi connectivity index (χ4v) is 4.73. The van der Waals surface area contributed by atoms with E-state index in [-0.39, 0.29) is 22.9 Å². The van der Waals surface area contributed by atoms with Crippen LogP contribution in [0.4, 0.5) is 5.69 Å². The lowest BCUT2D eigenvalue weighted by Crippen LogP contribution is -2.16. The van der Waals surface area contributed by atoms with Crippen molar-refractivity contribution in [2.75, 3.05) is 17.7 Å². The van der Waals surface area contributed by atoms with Gasteiger partial charge in [-0.2, -0.15) is 0 Å². The summed E-state index contributed by atoms with van der Waals surface area (Å²) < 4.78 is 7.56. The zero-order valence-electron chi connectivity index (χ0n) is 22.3. The second-order valence-corrected chi connectivity index (χ2v) is 10.8. The van der Waals surface area contributed by atoms with Crippen molar-refractivity contribution in [1.29, 1.82) is 0 Å². The predicted molar refractivity (Wildman–Crippen MR) is 152 cm³/mol. The molecule has 4 rings (SSSR count). The molecule has 38 heavy (non-hydrogen) atoms. The van der Waals surface area contributed by atoms with Gasteiger partial charge in [0.05, 0.1) is 18.0 Å². The molecular weight excluding hydrogens is 496 g/mol. The highest BCUT2D eigenvalue weighted by molar-refractivity contribution is 7.99. The minimum atomic E-state index is -0.235. The second-order valence-electron chi connectivity index (χ2n) is 9.83. The van der Waals surface area contributed by atoms with Crippen molar-refractivity contribution in [1.82, 2.24) is 14.8 Å². The molecule has 0 unspecified atom stereocenters. The molecule has 196 valence electrons. The van der Waals surface area contributed by atoms with Crippen LogP contribution in [0, 0.1) is 0 Å². The monoisotopic (exact) mass is 528 g/mol. The van der Waals surface area contributed by atoms with E-state index >= 15 is 0 Å². The molecule has 0 atom stereocenters. The third-order valence-corrected chi connectivity index (χ3v) is 6.89. The number of benzene rings is 3. The number of ketones is 1. The van der Waals surface area contributed by atoms with Gasteiger partial charge in [-0.3, -0.25) is 14.2 Å². The first-order valence-corrected chi connectivity index (χ1v) is 13.5. The second kappa shape index (κ2) is 11.6. The van der Waals surface area contributed by atoms with Crippen LogP contribution in [0.5, 0.6) is 5.75 Å². The predicted octanol–water partition coefficient (Wildman–Crippen LogP) is 6.56. The lowest BCUT2D eigenvalue weighted by atomic mass is 9.87. The molecule has 0 radical (unpaired) electrons. The van der Waals surface area contributed by atoms with E-state index < -0.39 is 0 Å². The topological polar surface area (TPSA) is 86.1 Å². The number of nitrogens with zero attached hydrogens (tertiary/aromatic N) is 3. The minimum absolute atomic E-state index is 0.0384. The number of amides is 1. The van der Waals surface area contributed by atoms with Gasteiger partial charge in [0.1, 0.15) is 5.75 Å². The molecule has 0 saturated carbocycles. The van der Waals surface area contributed by atoms with Gasteiger partial charge in [-0.05, 0) is 61.2 Å². The maximum atomic E-state index is 12.8. The van der Waals surface area contributed by atoms with Gasteiger partial charge in [-0.25, -0.2) is 0 Å². The maximum Gasteiger partial charge on any atom is 0.234 e. The molecule has 1 heterocycles. The molecule has 1 amide bonds. The highest BCUT2D eigenvalue weighted by Gasteiger charge is 2.20. The SMILES string of the molecule is CCOc1ccc(-n2c(SCC(=O)Nc3ccccc3C(C)=O)nnc2-c2ccc(C(C)(C)C)cc2)cc1. The summed E-state index contributed by atoms with van der Waals surface area (Å²) in [7, 11) is 0. The Labute approximate surface area is 227 Å². The van der Waals surface area contributed by atoms with Crippen molar-refractivity contribution >= 4 is 29.1 Å². The summed E-state index contributed by atoms with van der Waals surface area (Å²) in [5.41, 5.74) is 4.02. The fourth-order valence-electron chi connectivity index (χ4n) is 3.98. The molecule has 7 nitrogen and oxygen atoms in total. The quantitative estimate of drug-likeness (QED) is 0.195. The molecule has 3 aromatic carbocycles. The van der Waals surface area contributed by atoms with E-state index in [1.807, 2.05) is 35.8 Å². The van der Waals surface area contributed by atoms with Gasteiger partial charge in [0.25, 0.3) is 0 Å². The van der Waals surface area contributed by atoms with Gasteiger partial charge >= 0.3 is 0 Å². The molecule has 0 aliphatic heterocycles. The first kappa shape index (κ1) is 27.1. The normalized spacial score (nSPS) is 11.3. The summed E-state index contributed by atoms with van der Waals surface area (Å²) in [5.74, 6) is 1.22. The molecule has 1 aromatic heterocycles. The number of carbonyl (C=O) groups is 2. The van der Waals surface area contributed by atoms with Crippen LogP contribution >= 0.6 is 11.8 Å². The highest BCUT2D eigenvalue weighted by atomic mass is 32.2. The van der Waals surface area contributed by atoms with E-state index in [1.165, 1.54) is 24.2 Å².